The number of aryl methyl sites for hydroxylation is 1. The molecule has 2 heterocycles. The van der Waals surface area contributed by atoms with E-state index >= 15 is 0 Å². The first-order valence-electron chi connectivity index (χ1n) is 12.8. The standard InChI is InChI=1S/C31H31ClFN3O2/c1-23-5-2-3-8-29(23)35-15-17-36(18-16-35)31(37)30-14-13-28(38-30)22-34(20-24-9-11-26(32)12-10-24)21-25-6-4-7-27(33)19-25/h2-14,19H,15-18,20-22H2,1H3. The maximum absolute atomic E-state index is 13.8. The zero-order chi connectivity index (χ0) is 26.5. The first kappa shape index (κ1) is 26.0. The van der Waals surface area contributed by atoms with Gasteiger partial charge >= 0.3 is 0 Å². The lowest BCUT2D eigenvalue weighted by Gasteiger charge is -2.36. The fourth-order valence-corrected chi connectivity index (χ4v) is 5.06. The van der Waals surface area contributed by atoms with Gasteiger partial charge in [0.05, 0.1) is 6.54 Å². The Bertz CT molecular complexity index is 1380. The van der Waals surface area contributed by atoms with Crippen LogP contribution in [0.5, 0.6) is 0 Å². The van der Waals surface area contributed by atoms with Crippen molar-refractivity contribution in [3.63, 3.8) is 0 Å². The van der Waals surface area contributed by atoms with Crippen LogP contribution in [0.1, 0.15) is 33.0 Å². The summed E-state index contributed by atoms with van der Waals surface area (Å²) >= 11 is 6.06. The molecule has 5 nitrogen and oxygen atoms in total. The summed E-state index contributed by atoms with van der Waals surface area (Å²) < 4.78 is 19.9. The average molecular weight is 532 g/mol. The summed E-state index contributed by atoms with van der Waals surface area (Å²) in [7, 11) is 0. The van der Waals surface area contributed by atoms with Crippen LogP contribution in [0.2, 0.25) is 5.02 Å². The minimum atomic E-state index is -0.262. The third-order valence-electron chi connectivity index (χ3n) is 6.89. The molecule has 5 rings (SSSR count). The van der Waals surface area contributed by atoms with Crippen LogP contribution in [-0.4, -0.2) is 41.9 Å². The lowest BCUT2D eigenvalue weighted by Crippen LogP contribution is -2.48. The molecule has 0 radical (unpaired) electrons. The van der Waals surface area contributed by atoms with Crippen LogP contribution >= 0.6 is 11.6 Å². The Labute approximate surface area is 228 Å². The van der Waals surface area contributed by atoms with Gasteiger partial charge in [-0.3, -0.25) is 9.69 Å². The van der Waals surface area contributed by atoms with Crippen LogP contribution in [0.25, 0.3) is 0 Å². The molecule has 196 valence electrons. The molecule has 38 heavy (non-hydrogen) atoms. The number of para-hydroxylation sites is 1. The average Bonchev–Trinajstić information content (AvgIpc) is 3.38. The number of rotatable bonds is 8. The summed E-state index contributed by atoms with van der Waals surface area (Å²) in [5.41, 5.74) is 4.41. The lowest BCUT2D eigenvalue weighted by atomic mass is 10.1. The minimum Gasteiger partial charge on any atom is -0.455 e. The molecule has 0 bridgehead atoms. The highest BCUT2D eigenvalue weighted by Gasteiger charge is 2.25. The summed E-state index contributed by atoms with van der Waals surface area (Å²) in [5.74, 6) is 0.691. The second-order valence-electron chi connectivity index (χ2n) is 9.73. The van der Waals surface area contributed by atoms with E-state index in [1.807, 2.05) is 47.4 Å². The van der Waals surface area contributed by atoms with Crippen molar-refractivity contribution in [2.75, 3.05) is 31.1 Å². The summed E-state index contributed by atoms with van der Waals surface area (Å²) in [6.07, 6.45) is 0. The number of hydrogen-bond acceptors (Lipinski definition) is 4. The van der Waals surface area contributed by atoms with Crippen LogP contribution in [0.4, 0.5) is 10.1 Å². The Morgan fingerprint density at radius 1 is 0.868 bits per heavy atom. The van der Waals surface area contributed by atoms with E-state index in [1.165, 1.54) is 17.3 Å². The first-order chi connectivity index (χ1) is 18.4. The van der Waals surface area contributed by atoms with Gasteiger partial charge in [0.2, 0.25) is 0 Å². The monoisotopic (exact) mass is 531 g/mol. The van der Waals surface area contributed by atoms with Crippen molar-refractivity contribution >= 4 is 23.2 Å². The van der Waals surface area contributed by atoms with Gasteiger partial charge < -0.3 is 14.2 Å². The van der Waals surface area contributed by atoms with Gasteiger partial charge in [0, 0.05) is 50.0 Å². The number of hydrogen-bond donors (Lipinski definition) is 0. The Morgan fingerprint density at radius 3 is 2.34 bits per heavy atom. The number of benzene rings is 3. The van der Waals surface area contributed by atoms with E-state index < -0.39 is 0 Å². The minimum absolute atomic E-state index is 0.0879. The van der Waals surface area contributed by atoms with Crippen molar-refractivity contribution < 1.29 is 13.6 Å². The molecule has 1 saturated heterocycles. The van der Waals surface area contributed by atoms with E-state index in [0.29, 0.717) is 49.3 Å². The molecule has 0 N–H and O–H groups in total. The number of nitrogens with zero attached hydrogens (tertiary/aromatic N) is 3. The van der Waals surface area contributed by atoms with Crippen LogP contribution in [0, 0.1) is 12.7 Å². The second-order valence-corrected chi connectivity index (χ2v) is 10.2. The van der Waals surface area contributed by atoms with Gasteiger partial charge in [-0.25, -0.2) is 4.39 Å². The molecular weight excluding hydrogens is 501 g/mol. The fourth-order valence-electron chi connectivity index (χ4n) is 4.93. The van der Waals surface area contributed by atoms with E-state index in [0.717, 1.165) is 24.2 Å². The van der Waals surface area contributed by atoms with Crippen molar-refractivity contribution in [3.8, 4) is 0 Å². The number of piperazine rings is 1. The predicted molar refractivity (Wildman–Crippen MR) is 149 cm³/mol. The molecule has 1 amide bonds. The van der Waals surface area contributed by atoms with Gasteiger partial charge in [0.1, 0.15) is 11.6 Å². The molecule has 1 fully saturated rings. The van der Waals surface area contributed by atoms with Crippen molar-refractivity contribution in [1.29, 1.82) is 0 Å². The molecule has 7 heteroatoms. The van der Waals surface area contributed by atoms with Crippen molar-refractivity contribution in [3.05, 3.63) is 124 Å². The molecule has 1 aliphatic heterocycles. The second kappa shape index (κ2) is 11.8. The highest BCUT2D eigenvalue weighted by molar-refractivity contribution is 6.30. The molecule has 1 aromatic heterocycles. The van der Waals surface area contributed by atoms with Gasteiger partial charge in [-0.1, -0.05) is 54.1 Å². The summed E-state index contributed by atoms with van der Waals surface area (Å²) in [6.45, 7) is 6.61. The highest BCUT2D eigenvalue weighted by atomic mass is 35.5. The molecule has 0 unspecified atom stereocenters. The number of carbonyl (C=O) groups is 1. The Kier molecular flexibility index (Phi) is 8.11. The van der Waals surface area contributed by atoms with Crippen LogP contribution in [0.15, 0.2) is 89.3 Å². The van der Waals surface area contributed by atoms with Gasteiger partial charge in [-0.15, -0.1) is 0 Å². The molecule has 0 aliphatic carbocycles. The normalized spacial score (nSPS) is 13.8. The van der Waals surface area contributed by atoms with Gasteiger partial charge in [0.25, 0.3) is 5.91 Å². The van der Waals surface area contributed by atoms with Crippen LogP contribution in [-0.2, 0) is 19.6 Å². The maximum atomic E-state index is 13.8. The first-order valence-corrected chi connectivity index (χ1v) is 13.2. The van der Waals surface area contributed by atoms with E-state index in [2.05, 4.69) is 34.9 Å². The predicted octanol–water partition coefficient (Wildman–Crippen LogP) is 6.55. The van der Waals surface area contributed by atoms with E-state index in [4.69, 9.17) is 16.0 Å². The number of amides is 1. The molecule has 0 atom stereocenters. The summed E-state index contributed by atoms with van der Waals surface area (Å²) in [4.78, 5) is 19.5. The Morgan fingerprint density at radius 2 is 1.61 bits per heavy atom. The van der Waals surface area contributed by atoms with Crippen LogP contribution < -0.4 is 4.90 Å². The molecule has 1 aliphatic rings. The smallest absolute Gasteiger partial charge is 0.289 e. The Balaban J connectivity index is 1.24. The molecule has 0 spiro atoms. The third kappa shape index (κ3) is 6.44. The summed E-state index contributed by atoms with van der Waals surface area (Å²) in [5, 5.41) is 0.680. The van der Waals surface area contributed by atoms with Crippen molar-refractivity contribution in [2.24, 2.45) is 0 Å². The van der Waals surface area contributed by atoms with Crippen molar-refractivity contribution in [2.45, 2.75) is 26.6 Å². The van der Waals surface area contributed by atoms with Crippen LogP contribution in [0.3, 0.4) is 0 Å². The van der Waals surface area contributed by atoms with Gasteiger partial charge in [-0.05, 0) is 66.1 Å². The van der Waals surface area contributed by atoms with E-state index in [9.17, 15) is 9.18 Å². The molecular formula is C31H31ClFN3O2. The maximum Gasteiger partial charge on any atom is 0.289 e. The highest BCUT2D eigenvalue weighted by Crippen LogP contribution is 2.23. The lowest BCUT2D eigenvalue weighted by molar-refractivity contribution is 0.0710. The zero-order valence-corrected chi connectivity index (χ0v) is 22.2. The Hall–Kier alpha value is -3.61. The summed E-state index contributed by atoms with van der Waals surface area (Å²) in [6, 6.07) is 26.2. The molecule has 4 aromatic rings. The quantitative estimate of drug-likeness (QED) is 0.259. The third-order valence-corrected chi connectivity index (χ3v) is 7.14. The molecule has 0 saturated carbocycles. The SMILES string of the molecule is Cc1ccccc1N1CCN(C(=O)c2ccc(CN(Cc3ccc(Cl)cc3)Cc3cccc(F)c3)o2)CC1. The zero-order valence-electron chi connectivity index (χ0n) is 21.4. The fraction of sp³-hybridized carbons (Fsp3) is 0.258. The van der Waals surface area contributed by atoms with E-state index in [1.54, 1.807) is 18.2 Å². The number of halogens is 2. The molecule has 3 aromatic carbocycles. The number of anilines is 1. The number of furan rings is 1. The number of carbonyl (C=O) groups excluding carboxylic acids is 1. The van der Waals surface area contributed by atoms with Gasteiger partial charge in [0.15, 0.2) is 5.76 Å². The van der Waals surface area contributed by atoms with Gasteiger partial charge in [-0.2, -0.15) is 0 Å². The topological polar surface area (TPSA) is 39.9 Å². The van der Waals surface area contributed by atoms with Crippen molar-refractivity contribution in [1.82, 2.24) is 9.80 Å². The largest absolute Gasteiger partial charge is 0.455 e. The van der Waals surface area contributed by atoms with E-state index in [-0.39, 0.29) is 11.7 Å².